The lowest BCUT2D eigenvalue weighted by Gasteiger charge is -2.34. The van der Waals surface area contributed by atoms with Crippen molar-refractivity contribution in [3.8, 4) is 0 Å². The first kappa shape index (κ1) is 20.4. The van der Waals surface area contributed by atoms with Crippen molar-refractivity contribution in [3.05, 3.63) is 35.9 Å². The van der Waals surface area contributed by atoms with Crippen molar-refractivity contribution in [3.63, 3.8) is 0 Å². The zero-order valence-corrected chi connectivity index (χ0v) is 14.8. The summed E-state index contributed by atoms with van der Waals surface area (Å²) in [5.41, 5.74) is -0.487. The van der Waals surface area contributed by atoms with Gasteiger partial charge in [0.15, 0.2) is 4.20 Å². The molecule has 0 spiro atoms. The van der Waals surface area contributed by atoms with Gasteiger partial charge in [-0.1, -0.05) is 42.5 Å². The molecule has 0 aromatic heterocycles. The van der Waals surface area contributed by atoms with E-state index in [0.717, 1.165) is 0 Å². The minimum absolute atomic E-state index is 0.0664. The van der Waals surface area contributed by atoms with E-state index in [0.29, 0.717) is 9.87 Å². The van der Waals surface area contributed by atoms with Gasteiger partial charge in [0.1, 0.15) is 6.61 Å². The first-order valence-corrected chi connectivity index (χ1v) is 7.95. The van der Waals surface area contributed by atoms with Crippen LogP contribution in [0.15, 0.2) is 30.3 Å². The van der Waals surface area contributed by atoms with Gasteiger partial charge in [0.05, 0.1) is 0 Å². The van der Waals surface area contributed by atoms with Crippen LogP contribution in [0, 0.1) is 0 Å². The molecule has 1 aromatic carbocycles. The van der Waals surface area contributed by atoms with E-state index in [-0.39, 0.29) is 18.6 Å². The molecule has 132 valence electrons. The van der Waals surface area contributed by atoms with Gasteiger partial charge in [-0.3, -0.25) is 9.10 Å². The third-order valence-electron chi connectivity index (χ3n) is 2.59. The Kier molecular flexibility index (Phi) is 6.79. The Labute approximate surface area is 147 Å². The Hall–Kier alpha value is -1.61. The third-order valence-corrected chi connectivity index (χ3v) is 4.21. The van der Waals surface area contributed by atoms with Crippen LogP contribution in [0.3, 0.4) is 0 Å². The maximum absolute atomic E-state index is 12.7. The quantitative estimate of drug-likeness (QED) is 0.443. The zero-order chi connectivity index (χ0) is 18.5. The molecule has 0 unspecified atom stereocenters. The van der Waals surface area contributed by atoms with Gasteiger partial charge in [-0.2, -0.15) is 13.2 Å². The Morgan fingerprint density at radius 1 is 1.17 bits per heavy atom. The maximum atomic E-state index is 12.7. The average Bonchev–Trinajstić information content (AvgIpc) is 2.48. The minimum atomic E-state index is -5.07. The molecule has 0 aliphatic heterocycles. The predicted octanol–water partition coefficient (Wildman–Crippen LogP) is 3.89. The lowest BCUT2D eigenvalue weighted by molar-refractivity contribution is -0.182. The van der Waals surface area contributed by atoms with Crippen molar-refractivity contribution in [1.82, 2.24) is 4.31 Å². The van der Waals surface area contributed by atoms with Crippen LogP contribution < -0.4 is 0 Å². The maximum Gasteiger partial charge on any atom is 0.472 e. The molecule has 24 heavy (non-hydrogen) atoms. The van der Waals surface area contributed by atoms with Gasteiger partial charge in [0.2, 0.25) is 0 Å². The van der Waals surface area contributed by atoms with Crippen LogP contribution in [0.5, 0.6) is 0 Å². The number of rotatable bonds is 2. The van der Waals surface area contributed by atoms with E-state index in [1.54, 1.807) is 30.3 Å². The highest BCUT2D eigenvalue weighted by Crippen LogP contribution is 2.31. The zero-order valence-electron chi connectivity index (χ0n) is 13.2. The van der Waals surface area contributed by atoms with E-state index in [4.69, 9.17) is 17.0 Å². The van der Waals surface area contributed by atoms with E-state index in [9.17, 15) is 22.8 Å². The number of hydrogen-bond acceptors (Lipinski definition) is 5. The first-order valence-electron chi connectivity index (χ1n) is 6.77. The molecule has 0 bridgehead atoms. The summed E-state index contributed by atoms with van der Waals surface area (Å²) in [6, 6.07) is 8.73. The van der Waals surface area contributed by atoms with E-state index in [1.165, 1.54) is 20.8 Å². The summed E-state index contributed by atoms with van der Waals surface area (Å²) < 4.78 is 43.0. The van der Waals surface area contributed by atoms with Crippen molar-refractivity contribution < 1.29 is 27.5 Å². The molecule has 0 saturated carbocycles. The summed E-state index contributed by atoms with van der Waals surface area (Å²) in [6.07, 6.45) is -5.07. The van der Waals surface area contributed by atoms with Gasteiger partial charge in [0.25, 0.3) is 0 Å². The van der Waals surface area contributed by atoms with Crippen LogP contribution in [0.1, 0.15) is 26.3 Å². The lowest BCUT2D eigenvalue weighted by Crippen LogP contribution is -2.48. The summed E-state index contributed by atoms with van der Waals surface area (Å²) >= 11 is 5.06. The molecule has 0 heterocycles. The number of halogens is 3. The van der Waals surface area contributed by atoms with Crippen LogP contribution in [0.25, 0.3) is 0 Å². The molecular weight excluding hydrogens is 363 g/mol. The second kappa shape index (κ2) is 7.98. The fourth-order valence-corrected chi connectivity index (χ4v) is 2.54. The van der Waals surface area contributed by atoms with Crippen molar-refractivity contribution >= 4 is 40.2 Å². The standard InChI is InChI=1S/C15H16F3NO3S2/c1-14(2,3)19(13(21)15(16,17)18)24-12(23)11(20)22-9-10-7-5-4-6-8-10/h4-8H,9H2,1-3H3. The predicted molar refractivity (Wildman–Crippen MR) is 89.1 cm³/mol. The lowest BCUT2D eigenvalue weighted by atomic mass is 10.1. The number of carbonyl (C=O) groups is 2. The number of benzene rings is 1. The van der Waals surface area contributed by atoms with Crippen LogP contribution in [0.4, 0.5) is 13.2 Å². The Morgan fingerprint density at radius 3 is 2.17 bits per heavy atom. The highest BCUT2D eigenvalue weighted by Gasteiger charge is 2.47. The molecule has 4 nitrogen and oxygen atoms in total. The first-order chi connectivity index (χ1) is 10.9. The van der Waals surface area contributed by atoms with Gasteiger partial charge in [-0.25, -0.2) is 4.79 Å². The summed E-state index contributed by atoms with van der Waals surface area (Å²) in [5.74, 6) is -3.04. The molecule has 1 amide bonds. The second-order valence-electron chi connectivity index (χ2n) is 5.71. The molecule has 0 aliphatic rings. The Morgan fingerprint density at radius 2 is 1.71 bits per heavy atom. The SMILES string of the molecule is CC(C)(C)N(SC(=S)C(=O)OCc1ccccc1)C(=O)C(F)(F)F. The molecule has 1 rings (SSSR count). The summed E-state index contributed by atoms with van der Waals surface area (Å²) in [7, 11) is 0. The normalized spacial score (nSPS) is 11.8. The number of nitrogens with zero attached hydrogens (tertiary/aromatic N) is 1. The monoisotopic (exact) mass is 379 g/mol. The molecule has 9 heteroatoms. The molecule has 0 atom stereocenters. The highest BCUT2D eigenvalue weighted by atomic mass is 32.2. The number of esters is 1. The van der Waals surface area contributed by atoms with Crippen LogP contribution in [-0.2, 0) is 20.9 Å². The van der Waals surface area contributed by atoms with Gasteiger partial charge in [-0.05, 0) is 26.3 Å². The smallest absolute Gasteiger partial charge is 0.456 e. The number of thiocarbonyl (C=S) groups is 1. The van der Waals surface area contributed by atoms with Crippen LogP contribution >= 0.6 is 24.2 Å². The summed E-state index contributed by atoms with van der Waals surface area (Å²) in [4.78, 5) is 23.4. The molecule has 0 saturated heterocycles. The minimum Gasteiger partial charge on any atom is -0.456 e. The Bertz CT molecular complexity index is 613. The van der Waals surface area contributed by atoms with E-state index in [1.807, 2.05) is 0 Å². The Balaban J connectivity index is 2.74. The molecule has 0 fully saturated rings. The summed E-state index contributed by atoms with van der Waals surface area (Å²) in [6.45, 7) is 4.15. The number of carbonyl (C=O) groups excluding carboxylic acids is 2. The van der Waals surface area contributed by atoms with E-state index >= 15 is 0 Å². The molecular formula is C15H16F3NO3S2. The summed E-state index contributed by atoms with van der Waals surface area (Å²) in [5, 5.41) is 0. The average molecular weight is 379 g/mol. The third kappa shape index (κ3) is 6.12. The van der Waals surface area contributed by atoms with E-state index in [2.05, 4.69) is 0 Å². The second-order valence-corrected chi connectivity index (χ2v) is 7.33. The fourth-order valence-electron chi connectivity index (χ4n) is 1.50. The number of hydrogen-bond donors (Lipinski definition) is 0. The highest BCUT2D eigenvalue weighted by molar-refractivity contribution is 8.24. The topological polar surface area (TPSA) is 46.6 Å². The number of alkyl halides is 3. The van der Waals surface area contributed by atoms with Gasteiger partial charge in [0, 0.05) is 17.5 Å². The van der Waals surface area contributed by atoms with Gasteiger partial charge >= 0.3 is 18.1 Å². The van der Waals surface area contributed by atoms with Gasteiger partial charge in [-0.15, -0.1) is 0 Å². The van der Waals surface area contributed by atoms with Crippen LogP contribution in [0.2, 0.25) is 0 Å². The molecule has 0 aliphatic carbocycles. The largest absolute Gasteiger partial charge is 0.472 e. The molecule has 0 N–H and O–H groups in total. The van der Waals surface area contributed by atoms with Crippen molar-refractivity contribution in [2.75, 3.05) is 0 Å². The van der Waals surface area contributed by atoms with Crippen molar-refractivity contribution in [2.24, 2.45) is 0 Å². The number of amides is 1. The van der Waals surface area contributed by atoms with Crippen LogP contribution in [-0.4, -0.2) is 32.1 Å². The van der Waals surface area contributed by atoms with Crippen molar-refractivity contribution in [1.29, 1.82) is 0 Å². The van der Waals surface area contributed by atoms with Crippen molar-refractivity contribution in [2.45, 2.75) is 39.1 Å². The molecule has 1 aromatic rings. The fraction of sp³-hybridized carbons (Fsp3) is 0.400. The van der Waals surface area contributed by atoms with Gasteiger partial charge < -0.3 is 4.74 Å². The number of ether oxygens (including phenoxy) is 1. The van der Waals surface area contributed by atoms with E-state index < -0.39 is 27.8 Å². The molecule has 0 radical (unpaired) electrons.